The molecule has 0 bridgehead atoms. The van der Waals surface area contributed by atoms with Gasteiger partial charge in [-0.15, -0.1) is 0 Å². The SMILES string of the molecule is CC(C)(C)OCCOc1nc2c(cc1C(=O)O)CCC2. The predicted molar refractivity (Wildman–Crippen MR) is 74.4 cm³/mol. The standard InChI is InChI=1S/C15H21NO4/c1-15(2,3)20-8-7-19-13-11(14(17)18)9-10-5-4-6-12(10)16-13/h9H,4-8H2,1-3H3,(H,17,18). The van der Waals surface area contributed by atoms with Gasteiger partial charge in [-0.25, -0.2) is 9.78 Å². The summed E-state index contributed by atoms with van der Waals surface area (Å²) in [6.07, 6.45) is 2.82. The quantitative estimate of drug-likeness (QED) is 0.838. The summed E-state index contributed by atoms with van der Waals surface area (Å²) in [6, 6.07) is 1.69. The lowest BCUT2D eigenvalue weighted by atomic mass is 10.1. The first-order valence-corrected chi connectivity index (χ1v) is 6.90. The minimum absolute atomic E-state index is 0.140. The molecular formula is C15H21NO4. The summed E-state index contributed by atoms with van der Waals surface area (Å²) in [5, 5.41) is 9.23. The number of aromatic nitrogens is 1. The highest BCUT2D eigenvalue weighted by Gasteiger charge is 2.21. The molecule has 1 N–H and O–H groups in total. The maximum Gasteiger partial charge on any atom is 0.341 e. The van der Waals surface area contributed by atoms with Crippen molar-refractivity contribution >= 4 is 5.97 Å². The van der Waals surface area contributed by atoms with Crippen molar-refractivity contribution in [2.45, 2.75) is 45.6 Å². The monoisotopic (exact) mass is 279 g/mol. The Hall–Kier alpha value is -1.62. The second-order valence-corrected chi connectivity index (χ2v) is 5.91. The molecule has 5 heteroatoms. The Morgan fingerprint density at radius 2 is 2.10 bits per heavy atom. The summed E-state index contributed by atoms with van der Waals surface area (Å²) in [7, 11) is 0. The molecule has 2 rings (SSSR count). The van der Waals surface area contributed by atoms with Crippen molar-refractivity contribution in [2.75, 3.05) is 13.2 Å². The number of carboxylic acids is 1. The molecule has 0 aliphatic heterocycles. The fraction of sp³-hybridized carbons (Fsp3) is 0.600. The molecule has 110 valence electrons. The second-order valence-electron chi connectivity index (χ2n) is 5.91. The van der Waals surface area contributed by atoms with Crippen LogP contribution in [0.1, 0.15) is 48.8 Å². The van der Waals surface area contributed by atoms with Crippen molar-refractivity contribution in [1.82, 2.24) is 4.98 Å². The molecule has 0 unspecified atom stereocenters. The van der Waals surface area contributed by atoms with E-state index in [9.17, 15) is 9.90 Å². The van der Waals surface area contributed by atoms with E-state index in [4.69, 9.17) is 9.47 Å². The largest absolute Gasteiger partial charge is 0.477 e. The van der Waals surface area contributed by atoms with Crippen LogP contribution in [0.5, 0.6) is 5.88 Å². The van der Waals surface area contributed by atoms with E-state index in [1.807, 2.05) is 20.8 Å². The summed E-state index contributed by atoms with van der Waals surface area (Å²) in [5.74, 6) is -0.797. The second kappa shape index (κ2) is 5.79. The molecule has 0 aromatic carbocycles. The van der Waals surface area contributed by atoms with Gasteiger partial charge in [0.15, 0.2) is 0 Å². The molecule has 1 aromatic heterocycles. The molecule has 0 radical (unpaired) electrons. The van der Waals surface area contributed by atoms with Gasteiger partial charge in [0.05, 0.1) is 12.2 Å². The van der Waals surface area contributed by atoms with Crippen LogP contribution in [0.2, 0.25) is 0 Å². The van der Waals surface area contributed by atoms with Gasteiger partial charge in [-0.1, -0.05) is 0 Å². The Morgan fingerprint density at radius 1 is 1.35 bits per heavy atom. The molecule has 1 heterocycles. The fourth-order valence-corrected chi connectivity index (χ4v) is 2.20. The van der Waals surface area contributed by atoms with Crippen LogP contribution in [0.25, 0.3) is 0 Å². The first-order valence-electron chi connectivity index (χ1n) is 6.90. The zero-order valence-corrected chi connectivity index (χ0v) is 12.2. The minimum atomic E-state index is -1.00. The van der Waals surface area contributed by atoms with E-state index in [-0.39, 0.29) is 17.0 Å². The first kappa shape index (κ1) is 14.8. The number of carbonyl (C=O) groups is 1. The van der Waals surface area contributed by atoms with Crippen molar-refractivity contribution < 1.29 is 19.4 Å². The molecule has 0 saturated heterocycles. The van der Waals surface area contributed by atoms with Gasteiger partial charge in [-0.2, -0.15) is 0 Å². The summed E-state index contributed by atoms with van der Waals surface area (Å²) >= 11 is 0. The normalized spacial score (nSPS) is 14.2. The zero-order valence-electron chi connectivity index (χ0n) is 12.2. The summed E-state index contributed by atoms with van der Waals surface area (Å²) < 4.78 is 11.0. The molecule has 0 atom stereocenters. The van der Waals surface area contributed by atoms with Crippen LogP contribution in [0, 0.1) is 0 Å². The van der Waals surface area contributed by atoms with Crippen molar-refractivity contribution in [3.8, 4) is 5.88 Å². The molecule has 1 aliphatic carbocycles. The van der Waals surface area contributed by atoms with Crippen molar-refractivity contribution in [1.29, 1.82) is 0 Å². The highest BCUT2D eigenvalue weighted by molar-refractivity contribution is 5.90. The lowest BCUT2D eigenvalue weighted by molar-refractivity contribution is -0.0170. The fourth-order valence-electron chi connectivity index (χ4n) is 2.20. The van der Waals surface area contributed by atoms with Crippen LogP contribution >= 0.6 is 0 Å². The summed E-state index contributed by atoms with van der Waals surface area (Å²) in [4.78, 5) is 15.6. The number of hydrogen-bond acceptors (Lipinski definition) is 4. The van der Waals surface area contributed by atoms with Crippen LogP contribution in [0.3, 0.4) is 0 Å². The molecule has 0 fully saturated rings. The highest BCUT2D eigenvalue weighted by atomic mass is 16.5. The van der Waals surface area contributed by atoms with Gasteiger partial charge < -0.3 is 14.6 Å². The zero-order chi connectivity index (χ0) is 14.8. The molecule has 1 aromatic rings. The average Bonchev–Trinajstić information content (AvgIpc) is 2.79. The number of ether oxygens (including phenoxy) is 2. The topological polar surface area (TPSA) is 68.7 Å². The number of pyridine rings is 1. The molecule has 1 aliphatic rings. The summed E-state index contributed by atoms with van der Waals surface area (Å²) in [6.45, 7) is 6.58. The smallest absolute Gasteiger partial charge is 0.341 e. The average molecular weight is 279 g/mol. The van der Waals surface area contributed by atoms with E-state index in [0.29, 0.717) is 13.2 Å². The van der Waals surface area contributed by atoms with Crippen LogP contribution in [-0.4, -0.2) is 34.9 Å². The van der Waals surface area contributed by atoms with Gasteiger partial charge in [-0.3, -0.25) is 0 Å². The molecule has 0 spiro atoms. The van der Waals surface area contributed by atoms with E-state index >= 15 is 0 Å². The number of aromatic carboxylic acids is 1. The minimum Gasteiger partial charge on any atom is -0.477 e. The Kier molecular flexibility index (Phi) is 4.28. The molecule has 20 heavy (non-hydrogen) atoms. The predicted octanol–water partition coefficient (Wildman–Crippen LogP) is 2.46. The Morgan fingerprint density at radius 3 is 2.75 bits per heavy atom. The van der Waals surface area contributed by atoms with Gasteiger partial charge >= 0.3 is 5.97 Å². The number of rotatable bonds is 5. The number of aryl methyl sites for hydroxylation is 2. The first-order chi connectivity index (χ1) is 9.37. The van der Waals surface area contributed by atoms with Gasteiger partial charge in [0.25, 0.3) is 0 Å². The van der Waals surface area contributed by atoms with Crippen molar-refractivity contribution in [2.24, 2.45) is 0 Å². The van der Waals surface area contributed by atoms with Gasteiger partial charge in [0, 0.05) is 5.69 Å². The van der Waals surface area contributed by atoms with E-state index in [1.165, 1.54) is 0 Å². The van der Waals surface area contributed by atoms with Crippen molar-refractivity contribution in [3.63, 3.8) is 0 Å². The molecule has 0 saturated carbocycles. The van der Waals surface area contributed by atoms with Crippen LogP contribution in [0.15, 0.2) is 6.07 Å². The van der Waals surface area contributed by atoms with Crippen LogP contribution in [-0.2, 0) is 17.6 Å². The van der Waals surface area contributed by atoms with E-state index < -0.39 is 5.97 Å². The van der Waals surface area contributed by atoms with Gasteiger partial charge in [0.2, 0.25) is 5.88 Å². The lowest BCUT2D eigenvalue weighted by Crippen LogP contribution is -2.23. The molecule has 5 nitrogen and oxygen atoms in total. The van der Waals surface area contributed by atoms with E-state index in [2.05, 4.69) is 4.98 Å². The third-order valence-electron chi connectivity index (χ3n) is 3.10. The number of nitrogens with zero attached hydrogens (tertiary/aromatic N) is 1. The Balaban J connectivity index is 2.05. The van der Waals surface area contributed by atoms with Crippen LogP contribution in [0.4, 0.5) is 0 Å². The summed E-state index contributed by atoms with van der Waals surface area (Å²) in [5.41, 5.74) is 1.90. The number of carboxylic acid groups (broad SMARTS) is 1. The third-order valence-corrected chi connectivity index (χ3v) is 3.10. The maximum absolute atomic E-state index is 11.3. The molecule has 0 amide bonds. The van der Waals surface area contributed by atoms with Crippen LogP contribution < -0.4 is 4.74 Å². The number of fused-ring (bicyclic) bond motifs is 1. The van der Waals surface area contributed by atoms with E-state index in [1.54, 1.807) is 6.07 Å². The third kappa shape index (κ3) is 3.70. The number of hydrogen-bond donors (Lipinski definition) is 1. The Labute approximate surface area is 118 Å². The van der Waals surface area contributed by atoms with Crippen molar-refractivity contribution in [3.05, 3.63) is 22.9 Å². The van der Waals surface area contributed by atoms with Gasteiger partial charge in [-0.05, 0) is 51.7 Å². The molecular weight excluding hydrogens is 258 g/mol. The van der Waals surface area contributed by atoms with E-state index in [0.717, 1.165) is 30.5 Å². The Bertz CT molecular complexity index is 505. The highest BCUT2D eigenvalue weighted by Crippen LogP contribution is 2.26. The maximum atomic E-state index is 11.3. The lowest BCUT2D eigenvalue weighted by Gasteiger charge is -2.19. The van der Waals surface area contributed by atoms with Gasteiger partial charge in [0.1, 0.15) is 12.2 Å².